The number of nitrogens with zero attached hydrogens (tertiary/aromatic N) is 1. The van der Waals surface area contributed by atoms with Crippen molar-refractivity contribution in [3.05, 3.63) is 0 Å². The maximum absolute atomic E-state index is 10.0. The topological polar surface area (TPSA) is 32.3 Å². The molecule has 0 saturated carbocycles. The number of rotatable bonds is 2. The van der Waals surface area contributed by atoms with E-state index in [1.54, 1.807) is 11.9 Å². The Hall–Kier alpha value is -0.220. The average Bonchev–Trinajstić information content (AvgIpc) is 2.17. The number of amides is 1. The van der Waals surface area contributed by atoms with Gasteiger partial charge in [-0.2, -0.15) is 4.41 Å². The van der Waals surface area contributed by atoms with E-state index in [0.717, 1.165) is 18.7 Å². The first-order valence-electron chi connectivity index (χ1n) is 3.54. The highest BCUT2D eigenvalue weighted by Gasteiger charge is 2.06. The number of hydrazine groups is 1. The maximum atomic E-state index is 10.0. The molecule has 3 nitrogen and oxygen atoms in total. The smallest absolute Gasteiger partial charge is 0.222 e. The Morgan fingerprint density at radius 1 is 1.40 bits per heavy atom. The molecule has 0 bridgehead atoms. The molecule has 0 aliphatic carbocycles. The normalized spacial score (nSPS) is 21.6. The predicted molar refractivity (Wildman–Crippen MR) is 42.2 cm³/mol. The zero-order valence-electron chi connectivity index (χ0n) is 5.88. The van der Waals surface area contributed by atoms with Gasteiger partial charge in [0.05, 0.1) is 0 Å². The molecular weight excluding hydrogens is 148 g/mol. The third-order valence-electron chi connectivity index (χ3n) is 1.45. The molecule has 0 unspecified atom stereocenters. The number of carbonyl (C=O) groups is 1. The Bertz CT molecular complexity index is 102. The van der Waals surface area contributed by atoms with Crippen LogP contribution in [0.4, 0.5) is 0 Å². The molecule has 1 fully saturated rings. The molecule has 0 spiro atoms. The fourth-order valence-electron chi connectivity index (χ4n) is 0.934. The lowest BCUT2D eigenvalue weighted by atomic mass is 10.2. The van der Waals surface area contributed by atoms with E-state index in [1.165, 1.54) is 19.3 Å². The van der Waals surface area contributed by atoms with Gasteiger partial charge in [0.2, 0.25) is 6.41 Å². The van der Waals surface area contributed by atoms with Crippen LogP contribution in [0, 0.1) is 0 Å². The number of carbonyl (C=O) groups excluding carboxylic acids is 1. The van der Waals surface area contributed by atoms with E-state index in [4.69, 9.17) is 0 Å². The third kappa shape index (κ3) is 2.58. The molecular formula is C6H12N2OS. The highest BCUT2D eigenvalue weighted by Crippen LogP contribution is 2.15. The van der Waals surface area contributed by atoms with Crippen molar-refractivity contribution in [2.75, 3.05) is 12.3 Å². The van der Waals surface area contributed by atoms with Crippen molar-refractivity contribution in [2.45, 2.75) is 19.3 Å². The van der Waals surface area contributed by atoms with Crippen molar-refractivity contribution < 1.29 is 4.79 Å². The summed E-state index contributed by atoms with van der Waals surface area (Å²) in [5, 5.41) is 0. The minimum atomic E-state index is 0.734. The lowest BCUT2D eigenvalue weighted by Crippen LogP contribution is -2.31. The molecule has 1 aliphatic rings. The first kappa shape index (κ1) is 7.88. The fourth-order valence-corrected chi connectivity index (χ4v) is 1.86. The van der Waals surface area contributed by atoms with Gasteiger partial charge >= 0.3 is 0 Å². The SMILES string of the molecule is O=CNN1CCCCCS1. The number of hydrogen-bond acceptors (Lipinski definition) is 3. The van der Waals surface area contributed by atoms with Gasteiger partial charge in [-0.05, 0) is 12.8 Å². The van der Waals surface area contributed by atoms with Crippen molar-refractivity contribution >= 4 is 18.4 Å². The summed E-state index contributed by atoms with van der Waals surface area (Å²) in [6.07, 6.45) is 4.47. The summed E-state index contributed by atoms with van der Waals surface area (Å²) >= 11 is 1.70. The van der Waals surface area contributed by atoms with Gasteiger partial charge < -0.3 is 0 Å². The lowest BCUT2D eigenvalue weighted by Gasteiger charge is -2.15. The van der Waals surface area contributed by atoms with Crippen molar-refractivity contribution in [3.8, 4) is 0 Å². The lowest BCUT2D eigenvalue weighted by molar-refractivity contribution is -0.111. The third-order valence-corrected chi connectivity index (χ3v) is 2.52. The van der Waals surface area contributed by atoms with E-state index in [9.17, 15) is 4.79 Å². The zero-order chi connectivity index (χ0) is 7.23. The first-order chi connectivity index (χ1) is 4.93. The number of nitrogens with one attached hydrogen (secondary N) is 1. The molecule has 4 heteroatoms. The standard InChI is InChI=1S/C6H12N2OS/c9-6-7-8-4-2-1-3-5-10-8/h6H,1-5H2,(H,7,9). The molecule has 0 aromatic heterocycles. The summed E-state index contributed by atoms with van der Waals surface area (Å²) in [6.45, 7) is 0.976. The minimum Gasteiger partial charge on any atom is -0.282 e. The van der Waals surface area contributed by atoms with Gasteiger partial charge in [0.25, 0.3) is 0 Å². The molecule has 0 atom stereocenters. The molecule has 0 aromatic carbocycles. The van der Waals surface area contributed by atoms with E-state index in [1.807, 2.05) is 4.41 Å². The van der Waals surface area contributed by atoms with Crippen LogP contribution in [0.2, 0.25) is 0 Å². The summed E-state index contributed by atoms with van der Waals surface area (Å²) in [6, 6.07) is 0. The molecule has 1 rings (SSSR count). The van der Waals surface area contributed by atoms with E-state index in [-0.39, 0.29) is 0 Å². The Morgan fingerprint density at radius 3 is 3.10 bits per heavy atom. The van der Waals surface area contributed by atoms with Crippen LogP contribution < -0.4 is 5.43 Å². The van der Waals surface area contributed by atoms with Crippen LogP contribution in [0.25, 0.3) is 0 Å². The first-order valence-corrected chi connectivity index (χ1v) is 4.48. The average molecular weight is 160 g/mol. The van der Waals surface area contributed by atoms with Crippen LogP contribution >= 0.6 is 11.9 Å². The Kier molecular flexibility index (Phi) is 3.60. The molecule has 1 amide bonds. The quantitative estimate of drug-likeness (QED) is 0.478. The largest absolute Gasteiger partial charge is 0.282 e. The van der Waals surface area contributed by atoms with Crippen molar-refractivity contribution in [2.24, 2.45) is 0 Å². The minimum absolute atomic E-state index is 0.734. The van der Waals surface area contributed by atoms with E-state index < -0.39 is 0 Å². The number of hydrogen-bond donors (Lipinski definition) is 1. The van der Waals surface area contributed by atoms with Gasteiger partial charge in [-0.15, -0.1) is 0 Å². The maximum Gasteiger partial charge on any atom is 0.222 e. The van der Waals surface area contributed by atoms with Gasteiger partial charge in [-0.25, -0.2) is 0 Å². The van der Waals surface area contributed by atoms with Crippen LogP contribution in [0.5, 0.6) is 0 Å². The Morgan fingerprint density at radius 2 is 2.30 bits per heavy atom. The Balaban J connectivity index is 2.21. The van der Waals surface area contributed by atoms with Crippen molar-refractivity contribution in [3.63, 3.8) is 0 Å². The highest BCUT2D eigenvalue weighted by atomic mass is 32.2. The predicted octanol–water partition coefficient (Wildman–Crippen LogP) is 0.781. The van der Waals surface area contributed by atoms with Crippen LogP contribution in [0.3, 0.4) is 0 Å². The molecule has 58 valence electrons. The van der Waals surface area contributed by atoms with Gasteiger partial charge in [0, 0.05) is 12.3 Å². The fraction of sp³-hybridized carbons (Fsp3) is 0.833. The van der Waals surface area contributed by atoms with E-state index in [0.29, 0.717) is 0 Å². The highest BCUT2D eigenvalue weighted by molar-refractivity contribution is 7.96. The molecule has 1 aliphatic heterocycles. The second-order valence-electron chi connectivity index (χ2n) is 2.24. The summed E-state index contributed by atoms with van der Waals surface area (Å²) in [5.74, 6) is 1.13. The Labute approximate surface area is 65.3 Å². The molecule has 1 N–H and O–H groups in total. The molecule has 1 saturated heterocycles. The van der Waals surface area contributed by atoms with Gasteiger partial charge in [0.1, 0.15) is 0 Å². The van der Waals surface area contributed by atoms with Crippen LogP contribution in [0.1, 0.15) is 19.3 Å². The molecule has 0 aromatic rings. The summed E-state index contributed by atoms with van der Waals surface area (Å²) in [4.78, 5) is 10.0. The van der Waals surface area contributed by atoms with Crippen LogP contribution in [-0.2, 0) is 4.79 Å². The van der Waals surface area contributed by atoms with Gasteiger partial charge in [0.15, 0.2) is 0 Å². The van der Waals surface area contributed by atoms with Crippen molar-refractivity contribution in [1.82, 2.24) is 9.84 Å². The van der Waals surface area contributed by atoms with Crippen LogP contribution in [0.15, 0.2) is 0 Å². The summed E-state index contributed by atoms with van der Waals surface area (Å²) in [5.41, 5.74) is 2.64. The summed E-state index contributed by atoms with van der Waals surface area (Å²) in [7, 11) is 0. The van der Waals surface area contributed by atoms with Gasteiger partial charge in [-0.1, -0.05) is 18.4 Å². The molecule has 10 heavy (non-hydrogen) atoms. The zero-order valence-corrected chi connectivity index (χ0v) is 6.69. The van der Waals surface area contributed by atoms with Crippen molar-refractivity contribution in [1.29, 1.82) is 0 Å². The monoisotopic (exact) mass is 160 g/mol. The molecule has 1 heterocycles. The summed E-state index contributed by atoms with van der Waals surface area (Å²) < 4.78 is 1.90. The second-order valence-corrected chi connectivity index (χ2v) is 3.35. The van der Waals surface area contributed by atoms with E-state index in [2.05, 4.69) is 5.43 Å². The van der Waals surface area contributed by atoms with Crippen LogP contribution in [-0.4, -0.2) is 23.1 Å². The van der Waals surface area contributed by atoms with E-state index >= 15 is 0 Å². The molecule has 0 radical (unpaired) electrons. The van der Waals surface area contributed by atoms with Gasteiger partial charge in [-0.3, -0.25) is 10.2 Å². The second kappa shape index (κ2) is 4.57.